The summed E-state index contributed by atoms with van der Waals surface area (Å²) in [4.78, 5) is 2.42. The van der Waals surface area contributed by atoms with E-state index in [-0.39, 0.29) is 12.8 Å². The maximum atomic E-state index is 12.9. The molecule has 1 atom stereocenters. The van der Waals surface area contributed by atoms with Gasteiger partial charge in [-0.2, -0.15) is 0 Å². The van der Waals surface area contributed by atoms with Crippen molar-refractivity contribution in [3.8, 4) is 0 Å². The predicted octanol–water partition coefficient (Wildman–Crippen LogP) is 2.91. The minimum atomic E-state index is -2.37. The highest BCUT2D eigenvalue weighted by Gasteiger charge is 2.37. The summed E-state index contributed by atoms with van der Waals surface area (Å²) in [5.41, 5.74) is 0. The molecule has 1 saturated heterocycles. The molecule has 0 aromatic carbocycles. The molecule has 2 aliphatic rings. The summed E-state index contributed by atoms with van der Waals surface area (Å²) in [6.07, 6.45) is 2.83. The average Bonchev–Trinajstić information content (AvgIpc) is 2.52. The van der Waals surface area contributed by atoms with E-state index in [9.17, 15) is 8.78 Å². The summed E-state index contributed by atoms with van der Waals surface area (Å²) in [7, 11) is 0. The zero-order chi connectivity index (χ0) is 10.2. The standard InChI is InChI=1S/C11H19F2N/c1-9-4-7-14(8-9)10-2-5-11(12,13)6-3-10/h9-10H,2-8H2,1H3. The Bertz CT molecular complexity index is 195. The molecule has 0 radical (unpaired) electrons. The molecule has 1 unspecified atom stereocenters. The smallest absolute Gasteiger partial charge is 0.248 e. The van der Waals surface area contributed by atoms with Gasteiger partial charge in [-0.3, -0.25) is 0 Å². The molecular formula is C11H19F2N. The molecule has 1 nitrogen and oxygen atoms in total. The van der Waals surface area contributed by atoms with E-state index in [1.165, 1.54) is 6.42 Å². The second-order valence-corrected chi connectivity index (χ2v) is 4.98. The van der Waals surface area contributed by atoms with Gasteiger partial charge in [0.25, 0.3) is 0 Å². The van der Waals surface area contributed by atoms with E-state index >= 15 is 0 Å². The van der Waals surface area contributed by atoms with Gasteiger partial charge in [0.15, 0.2) is 0 Å². The van der Waals surface area contributed by atoms with Crippen molar-refractivity contribution in [1.29, 1.82) is 0 Å². The van der Waals surface area contributed by atoms with Crippen LogP contribution in [0.4, 0.5) is 8.78 Å². The highest BCUT2D eigenvalue weighted by molar-refractivity contribution is 4.86. The summed E-state index contributed by atoms with van der Waals surface area (Å²) in [5.74, 6) is -1.61. The van der Waals surface area contributed by atoms with Crippen molar-refractivity contribution in [2.45, 2.75) is 51.0 Å². The minimum absolute atomic E-state index is 0.0997. The first kappa shape index (κ1) is 10.3. The molecule has 2 fully saturated rings. The van der Waals surface area contributed by atoms with Gasteiger partial charge in [0.05, 0.1) is 0 Å². The molecule has 3 heteroatoms. The summed E-state index contributed by atoms with van der Waals surface area (Å²) < 4.78 is 25.8. The van der Waals surface area contributed by atoms with E-state index in [0.717, 1.165) is 19.0 Å². The Morgan fingerprint density at radius 2 is 1.79 bits per heavy atom. The van der Waals surface area contributed by atoms with Gasteiger partial charge >= 0.3 is 0 Å². The molecule has 0 aromatic rings. The number of halogens is 2. The van der Waals surface area contributed by atoms with Crippen LogP contribution in [-0.4, -0.2) is 30.0 Å². The van der Waals surface area contributed by atoms with Crippen molar-refractivity contribution in [3.05, 3.63) is 0 Å². The monoisotopic (exact) mass is 203 g/mol. The third-order valence-electron chi connectivity index (χ3n) is 3.66. The molecule has 0 spiro atoms. The number of nitrogens with zero attached hydrogens (tertiary/aromatic N) is 1. The van der Waals surface area contributed by atoms with E-state index in [4.69, 9.17) is 0 Å². The van der Waals surface area contributed by atoms with Gasteiger partial charge in [-0.25, -0.2) is 8.78 Å². The second-order valence-electron chi connectivity index (χ2n) is 4.98. The van der Waals surface area contributed by atoms with Gasteiger partial charge in [0.1, 0.15) is 0 Å². The molecule has 14 heavy (non-hydrogen) atoms. The summed E-state index contributed by atoms with van der Waals surface area (Å²) in [6.45, 7) is 4.49. The predicted molar refractivity (Wildman–Crippen MR) is 52.6 cm³/mol. The fourth-order valence-electron chi connectivity index (χ4n) is 2.69. The lowest BCUT2D eigenvalue weighted by Crippen LogP contribution is -2.39. The highest BCUT2D eigenvalue weighted by atomic mass is 19.3. The van der Waals surface area contributed by atoms with Crippen molar-refractivity contribution in [2.75, 3.05) is 13.1 Å². The quantitative estimate of drug-likeness (QED) is 0.633. The minimum Gasteiger partial charge on any atom is -0.300 e. The summed E-state index contributed by atoms with van der Waals surface area (Å²) in [6, 6.07) is 0.444. The van der Waals surface area contributed by atoms with Crippen molar-refractivity contribution >= 4 is 0 Å². The van der Waals surface area contributed by atoms with Crippen molar-refractivity contribution in [3.63, 3.8) is 0 Å². The van der Waals surface area contributed by atoms with E-state index in [2.05, 4.69) is 11.8 Å². The number of rotatable bonds is 1. The first-order valence-electron chi connectivity index (χ1n) is 5.69. The van der Waals surface area contributed by atoms with Crippen LogP contribution in [0.1, 0.15) is 39.0 Å². The molecule has 1 saturated carbocycles. The highest BCUT2D eigenvalue weighted by Crippen LogP contribution is 2.36. The lowest BCUT2D eigenvalue weighted by molar-refractivity contribution is -0.0517. The van der Waals surface area contributed by atoms with Crippen molar-refractivity contribution in [1.82, 2.24) is 4.90 Å². The molecule has 1 aliphatic carbocycles. The third kappa shape index (κ3) is 2.25. The third-order valence-corrected chi connectivity index (χ3v) is 3.66. The van der Waals surface area contributed by atoms with Crippen LogP contribution >= 0.6 is 0 Å². The molecule has 1 aliphatic heterocycles. The average molecular weight is 203 g/mol. The molecule has 0 aromatic heterocycles. The van der Waals surface area contributed by atoms with Crippen LogP contribution in [0.2, 0.25) is 0 Å². The van der Waals surface area contributed by atoms with Gasteiger partial charge in [-0.1, -0.05) is 6.92 Å². The van der Waals surface area contributed by atoms with Gasteiger partial charge in [-0.15, -0.1) is 0 Å². The Kier molecular flexibility index (Phi) is 2.78. The number of hydrogen-bond acceptors (Lipinski definition) is 1. The van der Waals surface area contributed by atoms with E-state index in [0.29, 0.717) is 18.9 Å². The van der Waals surface area contributed by atoms with Crippen LogP contribution in [-0.2, 0) is 0 Å². The Morgan fingerprint density at radius 1 is 1.14 bits per heavy atom. The van der Waals surface area contributed by atoms with E-state index < -0.39 is 5.92 Å². The van der Waals surface area contributed by atoms with Crippen LogP contribution in [0.15, 0.2) is 0 Å². The van der Waals surface area contributed by atoms with Crippen LogP contribution in [0, 0.1) is 5.92 Å². The number of hydrogen-bond donors (Lipinski definition) is 0. The molecule has 2 rings (SSSR count). The molecule has 82 valence electrons. The molecule has 1 heterocycles. The molecular weight excluding hydrogens is 184 g/mol. The zero-order valence-electron chi connectivity index (χ0n) is 8.81. The fourth-order valence-corrected chi connectivity index (χ4v) is 2.69. The lowest BCUT2D eigenvalue weighted by atomic mass is 9.91. The maximum absolute atomic E-state index is 12.9. The van der Waals surface area contributed by atoms with Crippen LogP contribution < -0.4 is 0 Å². The van der Waals surface area contributed by atoms with Crippen molar-refractivity contribution < 1.29 is 8.78 Å². The number of alkyl halides is 2. The van der Waals surface area contributed by atoms with Gasteiger partial charge in [0.2, 0.25) is 5.92 Å². The van der Waals surface area contributed by atoms with Gasteiger partial charge in [-0.05, 0) is 31.7 Å². The number of likely N-dealkylation sites (tertiary alicyclic amines) is 1. The first-order valence-corrected chi connectivity index (χ1v) is 5.69. The zero-order valence-corrected chi connectivity index (χ0v) is 8.81. The first-order chi connectivity index (χ1) is 6.57. The largest absolute Gasteiger partial charge is 0.300 e. The fraction of sp³-hybridized carbons (Fsp3) is 1.00. The van der Waals surface area contributed by atoms with E-state index in [1.54, 1.807) is 0 Å². The van der Waals surface area contributed by atoms with Gasteiger partial charge in [0, 0.05) is 25.4 Å². The van der Waals surface area contributed by atoms with Crippen molar-refractivity contribution in [2.24, 2.45) is 5.92 Å². The Morgan fingerprint density at radius 3 is 2.29 bits per heavy atom. The summed E-state index contributed by atoms with van der Waals surface area (Å²) in [5, 5.41) is 0. The van der Waals surface area contributed by atoms with E-state index in [1.807, 2.05) is 0 Å². The molecule has 0 N–H and O–H groups in total. The normalized spacial score (nSPS) is 34.9. The molecule has 0 amide bonds. The second kappa shape index (κ2) is 3.76. The Labute approximate surface area is 84.5 Å². The van der Waals surface area contributed by atoms with Crippen LogP contribution in [0.3, 0.4) is 0 Å². The van der Waals surface area contributed by atoms with Crippen LogP contribution in [0.25, 0.3) is 0 Å². The SMILES string of the molecule is CC1CCN(C2CCC(F)(F)CC2)C1. The van der Waals surface area contributed by atoms with Gasteiger partial charge < -0.3 is 4.90 Å². The topological polar surface area (TPSA) is 3.24 Å². The van der Waals surface area contributed by atoms with Crippen LogP contribution in [0.5, 0.6) is 0 Å². The Balaban J connectivity index is 1.83. The maximum Gasteiger partial charge on any atom is 0.248 e. The summed E-state index contributed by atoms with van der Waals surface area (Å²) >= 11 is 0. The Hall–Kier alpha value is -0.180. The lowest BCUT2D eigenvalue weighted by Gasteiger charge is -2.34. The molecule has 0 bridgehead atoms.